The molecular formula is C13H22O4. The standard InChI is InChI=1S/C13H22O4/c1-15-12(14)8-4-2-3-6-10-16-13-9-5-7-11-17-13/h4,8,13H,2-3,5-7,9-11H2,1H3. The number of hydrogen-bond donors (Lipinski definition) is 0. The van der Waals surface area contributed by atoms with Crippen LogP contribution in [0.25, 0.3) is 0 Å². The van der Waals surface area contributed by atoms with Gasteiger partial charge in [-0.2, -0.15) is 0 Å². The van der Waals surface area contributed by atoms with E-state index >= 15 is 0 Å². The Morgan fingerprint density at radius 3 is 3.00 bits per heavy atom. The average molecular weight is 242 g/mol. The fraction of sp³-hybridized carbons (Fsp3) is 0.769. The number of allylic oxidation sites excluding steroid dienone is 1. The number of carbonyl (C=O) groups excluding carboxylic acids is 1. The number of ether oxygens (including phenoxy) is 3. The first-order valence-corrected chi connectivity index (χ1v) is 6.30. The first-order chi connectivity index (χ1) is 8.33. The molecule has 1 unspecified atom stereocenters. The molecule has 0 radical (unpaired) electrons. The molecule has 0 bridgehead atoms. The Balaban J connectivity index is 1.90. The second-order valence-corrected chi connectivity index (χ2v) is 4.09. The highest BCUT2D eigenvalue weighted by molar-refractivity contribution is 5.81. The number of esters is 1. The molecule has 1 aliphatic heterocycles. The summed E-state index contributed by atoms with van der Waals surface area (Å²) in [5.74, 6) is -0.295. The Labute approximate surface area is 103 Å². The number of carbonyl (C=O) groups is 1. The summed E-state index contributed by atoms with van der Waals surface area (Å²) < 4.78 is 15.5. The van der Waals surface area contributed by atoms with Crippen molar-refractivity contribution in [3.8, 4) is 0 Å². The lowest BCUT2D eigenvalue weighted by Crippen LogP contribution is -2.22. The Morgan fingerprint density at radius 2 is 2.29 bits per heavy atom. The van der Waals surface area contributed by atoms with Gasteiger partial charge in [-0.25, -0.2) is 4.79 Å². The maximum absolute atomic E-state index is 10.8. The van der Waals surface area contributed by atoms with Gasteiger partial charge in [0.25, 0.3) is 0 Å². The normalized spacial score (nSPS) is 20.6. The molecule has 1 rings (SSSR count). The molecule has 0 N–H and O–H groups in total. The SMILES string of the molecule is COC(=O)C=CCCCCOC1CCCCO1. The summed E-state index contributed by atoms with van der Waals surface area (Å²) in [6.07, 6.45) is 9.56. The van der Waals surface area contributed by atoms with Crippen LogP contribution in [0, 0.1) is 0 Å². The Kier molecular flexibility index (Phi) is 7.67. The highest BCUT2D eigenvalue weighted by atomic mass is 16.7. The molecule has 0 aliphatic carbocycles. The fourth-order valence-corrected chi connectivity index (χ4v) is 1.67. The van der Waals surface area contributed by atoms with Crippen molar-refractivity contribution in [1.29, 1.82) is 0 Å². The van der Waals surface area contributed by atoms with E-state index in [1.165, 1.54) is 19.6 Å². The average Bonchev–Trinajstić information content (AvgIpc) is 2.38. The molecule has 1 heterocycles. The smallest absolute Gasteiger partial charge is 0.330 e. The van der Waals surface area contributed by atoms with Gasteiger partial charge in [-0.3, -0.25) is 0 Å². The van der Waals surface area contributed by atoms with Crippen molar-refractivity contribution in [3.63, 3.8) is 0 Å². The van der Waals surface area contributed by atoms with Crippen LogP contribution >= 0.6 is 0 Å². The first-order valence-electron chi connectivity index (χ1n) is 6.30. The molecule has 98 valence electrons. The summed E-state index contributed by atoms with van der Waals surface area (Å²) in [6.45, 7) is 1.56. The number of unbranched alkanes of at least 4 members (excludes halogenated alkanes) is 2. The minimum Gasteiger partial charge on any atom is -0.466 e. The third kappa shape index (κ3) is 7.13. The van der Waals surface area contributed by atoms with E-state index in [1.54, 1.807) is 0 Å². The molecule has 0 aromatic heterocycles. The summed E-state index contributed by atoms with van der Waals surface area (Å²) in [4.78, 5) is 10.8. The third-order valence-electron chi connectivity index (χ3n) is 2.66. The molecular weight excluding hydrogens is 220 g/mol. The van der Waals surface area contributed by atoms with Crippen LogP contribution in [0.1, 0.15) is 38.5 Å². The predicted octanol–water partition coefficient (Wildman–Crippen LogP) is 2.43. The quantitative estimate of drug-likeness (QED) is 0.391. The van der Waals surface area contributed by atoms with Gasteiger partial charge < -0.3 is 14.2 Å². The van der Waals surface area contributed by atoms with E-state index in [9.17, 15) is 4.79 Å². The lowest BCUT2D eigenvalue weighted by atomic mass is 10.2. The zero-order valence-electron chi connectivity index (χ0n) is 10.5. The zero-order valence-corrected chi connectivity index (χ0v) is 10.5. The Bertz CT molecular complexity index is 232. The molecule has 17 heavy (non-hydrogen) atoms. The van der Waals surface area contributed by atoms with Crippen molar-refractivity contribution in [2.24, 2.45) is 0 Å². The highest BCUT2D eigenvalue weighted by Crippen LogP contribution is 2.14. The Hall–Kier alpha value is -0.870. The van der Waals surface area contributed by atoms with Gasteiger partial charge in [0.05, 0.1) is 7.11 Å². The van der Waals surface area contributed by atoms with Crippen molar-refractivity contribution in [2.45, 2.75) is 44.8 Å². The maximum atomic E-state index is 10.8. The molecule has 1 saturated heterocycles. The van der Waals surface area contributed by atoms with Crippen molar-refractivity contribution in [2.75, 3.05) is 20.3 Å². The first kappa shape index (κ1) is 14.2. The van der Waals surface area contributed by atoms with E-state index in [4.69, 9.17) is 9.47 Å². The molecule has 1 aliphatic rings. The summed E-state index contributed by atoms with van der Waals surface area (Å²) in [5.41, 5.74) is 0. The van der Waals surface area contributed by atoms with Crippen molar-refractivity contribution < 1.29 is 19.0 Å². The monoisotopic (exact) mass is 242 g/mol. The largest absolute Gasteiger partial charge is 0.466 e. The fourth-order valence-electron chi connectivity index (χ4n) is 1.67. The van der Waals surface area contributed by atoms with E-state index in [0.29, 0.717) is 0 Å². The lowest BCUT2D eigenvalue weighted by Gasteiger charge is -2.22. The van der Waals surface area contributed by atoms with E-state index in [-0.39, 0.29) is 12.3 Å². The second-order valence-electron chi connectivity index (χ2n) is 4.09. The van der Waals surface area contributed by atoms with E-state index < -0.39 is 0 Å². The molecule has 0 saturated carbocycles. The van der Waals surface area contributed by atoms with Crippen LogP contribution in [0.3, 0.4) is 0 Å². The van der Waals surface area contributed by atoms with Crippen molar-refractivity contribution >= 4 is 5.97 Å². The summed E-state index contributed by atoms with van der Waals surface area (Å²) >= 11 is 0. The van der Waals surface area contributed by atoms with Gasteiger partial charge in [-0.1, -0.05) is 6.08 Å². The topological polar surface area (TPSA) is 44.8 Å². The van der Waals surface area contributed by atoms with Crippen LogP contribution in [0.5, 0.6) is 0 Å². The molecule has 1 atom stereocenters. The van der Waals surface area contributed by atoms with Crippen molar-refractivity contribution in [1.82, 2.24) is 0 Å². The van der Waals surface area contributed by atoms with Gasteiger partial charge in [0.2, 0.25) is 0 Å². The maximum Gasteiger partial charge on any atom is 0.330 e. The number of rotatable bonds is 7. The summed E-state index contributed by atoms with van der Waals surface area (Å²) in [5, 5.41) is 0. The third-order valence-corrected chi connectivity index (χ3v) is 2.66. The van der Waals surface area contributed by atoms with Crippen LogP contribution in [-0.4, -0.2) is 32.6 Å². The second kappa shape index (κ2) is 9.19. The van der Waals surface area contributed by atoms with E-state index in [0.717, 1.165) is 45.3 Å². The highest BCUT2D eigenvalue weighted by Gasteiger charge is 2.12. The van der Waals surface area contributed by atoms with Gasteiger partial charge in [0.15, 0.2) is 6.29 Å². The molecule has 4 heteroatoms. The van der Waals surface area contributed by atoms with Crippen LogP contribution in [0.2, 0.25) is 0 Å². The van der Waals surface area contributed by atoms with Gasteiger partial charge in [-0.15, -0.1) is 0 Å². The lowest BCUT2D eigenvalue weighted by molar-refractivity contribution is -0.162. The molecule has 0 aromatic rings. The predicted molar refractivity (Wildman–Crippen MR) is 64.6 cm³/mol. The number of methoxy groups -OCH3 is 1. The molecule has 1 fully saturated rings. The van der Waals surface area contributed by atoms with Gasteiger partial charge >= 0.3 is 5.97 Å². The zero-order chi connectivity index (χ0) is 12.3. The summed E-state index contributed by atoms with van der Waals surface area (Å²) in [6, 6.07) is 0. The minimum atomic E-state index is -0.295. The minimum absolute atomic E-state index is 0.00867. The van der Waals surface area contributed by atoms with E-state index in [2.05, 4.69) is 4.74 Å². The summed E-state index contributed by atoms with van der Waals surface area (Å²) in [7, 11) is 1.38. The van der Waals surface area contributed by atoms with Crippen LogP contribution < -0.4 is 0 Å². The van der Waals surface area contributed by atoms with E-state index in [1.807, 2.05) is 6.08 Å². The van der Waals surface area contributed by atoms with Crippen LogP contribution in [0.4, 0.5) is 0 Å². The molecule has 0 amide bonds. The molecule has 0 spiro atoms. The van der Waals surface area contributed by atoms with Crippen LogP contribution in [-0.2, 0) is 19.0 Å². The Morgan fingerprint density at radius 1 is 1.41 bits per heavy atom. The van der Waals surface area contributed by atoms with Gasteiger partial charge in [0.1, 0.15) is 0 Å². The molecule has 0 aromatic carbocycles. The number of hydrogen-bond acceptors (Lipinski definition) is 4. The molecule has 4 nitrogen and oxygen atoms in total. The van der Waals surface area contributed by atoms with Crippen molar-refractivity contribution in [3.05, 3.63) is 12.2 Å². The van der Waals surface area contributed by atoms with Crippen LogP contribution in [0.15, 0.2) is 12.2 Å². The van der Waals surface area contributed by atoms with Gasteiger partial charge in [-0.05, 0) is 38.5 Å². The van der Waals surface area contributed by atoms with Gasteiger partial charge in [0, 0.05) is 19.3 Å².